The highest BCUT2D eigenvalue weighted by atomic mass is 16.5. The van der Waals surface area contributed by atoms with Crippen molar-refractivity contribution in [1.82, 2.24) is 5.16 Å². The van der Waals surface area contributed by atoms with Crippen molar-refractivity contribution in [2.24, 2.45) is 5.73 Å². The molecule has 0 aliphatic carbocycles. The first-order chi connectivity index (χ1) is 5.25. The van der Waals surface area contributed by atoms with Gasteiger partial charge in [0.05, 0.1) is 11.8 Å². The number of nitrogens with zero attached hydrogens (tertiary/aromatic N) is 1. The van der Waals surface area contributed by atoms with Crippen LogP contribution < -0.4 is 5.73 Å². The zero-order chi connectivity index (χ0) is 8.27. The van der Waals surface area contributed by atoms with Gasteiger partial charge in [0.25, 0.3) is 0 Å². The molecule has 1 aromatic heterocycles. The summed E-state index contributed by atoms with van der Waals surface area (Å²) in [6, 6.07) is -0.397. The number of nitrogens with two attached hydrogens (primary N) is 1. The van der Waals surface area contributed by atoms with E-state index in [4.69, 9.17) is 17.3 Å². The van der Waals surface area contributed by atoms with Gasteiger partial charge in [0.2, 0.25) is 0 Å². The molecule has 4 nitrogen and oxygen atoms in total. The summed E-state index contributed by atoms with van der Waals surface area (Å²) in [5.41, 5.74) is 6.00. The molecule has 1 rings (SSSR count). The van der Waals surface area contributed by atoms with Crippen molar-refractivity contribution >= 4 is 0 Å². The van der Waals surface area contributed by atoms with E-state index >= 15 is 0 Å². The number of aromatic nitrogens is 1. The summed E-state index contributed by atoms with van der Waals surface area (Å²) in [5.74, 6) is 2.12. The predicted molar refractivity (Wildman–Crippen MR) is 38.5 cm³/mol. The summed E-state index contributed by atoms with van der Waals surface area (Å²) >= 11 is 0. The minimum atomic E-state index is -0.397. The zero-order valence-electron chi connectivity index (χ0n) is 5.82. The Morgan fingerprint density at radius 1 is 1.91 bits per heavy atom. The van der Waals surface area contributed by atoms with Gasteiger partial charge in [0.1, 0.15) is 0 Å². The molecule has 0 fully saturated rings. The fourth-order valence-corrected chi connectivity index (χ4v) is 0.732. The fourth-order valence-electron chi connectivity index (χ4n) is 0.732. The Morgan fingerprint density at radius 3 is 3.09 bits per heavy atom. The largest absolute Gasteiger partial charge is 0.479 e. The van der Waals surface area contributed by atoms with Crippen LogP contribution >= 0.6 is 0 Å². The average molecular weight is 152 g/mol. The van der Waals surface area contributed by atoms with Crippen molar-refractivity contribution in [3.8, 4) is 18.3 Å². The average Bonchev–Trinajstić information content (AvgIpc) is 2.36. The smallest absolute Gasteiger partial charge is 0.313 e. The number of terminal acetylenes is 1. The first-order valence-corrected chi connectivity index (χ1v) is 3.08. The second kappa shape index (κ2) is 3.08. The lowest BCUT2D eigenvalue weighted by Gasteiger charge is -2.02. The molecule has 0 saturated carbocycles. The Kier molecular flexibility index (Phi) is 2.14. The number of hydrogen-bond acceptors (Lipinski definition) is 4. The maximum Gasteiger partial charge on any atom is 0.313 e. The van der Waals surface area contributed by atoms with E-state index in [0.29, 0.717) is 12.0 Å². The molecule has 58 valence electrons. The highest BCUT2D eigenvalue weighted by molar-refractivity contribution is 5.22. The quantitative estimate of drug-likeness (QED) is 0.602. The summed E-state index contributed by atoms with van der Waals surface area (Å²) in [6.45, 7) is 0. The van der Waals surface area contributed by atoms with Gasteiger partial charge in [0.15, 0.2) is 0 Å². The monoisotopic (exact) mass is 152 g/mol. The van der Waals surface area contributed by atoms with Crippen LogP contribution in [0.5, 0.6) is 5.95 Å². The van der Waals surface area contributed by atoms with Crippen molar-refractivity contribution in [2.45, 2.75) is 12.5 Å². The van der Waals surface area contributed by atoms with E-state index in [1.54, 1.807) is 0 Å². The predicted octanol–water partition coefficient (Wildman–Crippen LogP) is 0.403. The molecule has 1 aromatic rings. The Hall–Kier alpha value is -1.47. The second-order valence-electron chi connectivity index (χ2n) is 2.10. The van der Waals surface area contributed by atoms with Gasteiger partial charge in [-0.05, 0) is 0 Å². The highest BCUT2D eigenvalue weighted by Crippen LogP contribution is 2.22. The molecule has 0 aliphatic heterocycles. The summed E-state index contributed by atoms with van der Waals surface area (Å²) in [7, 11) is 0. The Morgan fingerprint density at radius 2 is 2.64 bits per heavy atom. The van der Waals surface area contributed by atoms with E-state index in [1.807, 2.05) is 0 Å². The van der Waals surface area contributed by atoms with Crippen LogP contribution in [-0.2, 0) is 0 Å². The van der Waals surface area contributed by atoms with E-state index in [0.717, 1.165) is 0 Å². The van der Waals surface area contributed by atoms with E-state index < -0.39 is 6.04 Å². The lowest BCUT2D eigenvalue weighted by atomic mass is 10.1. The molecule has 0 aliphatic rings. The molecular formula is C7H8N2O2. The number of rotatable bonds is 2. The van der Waals surface area contributed by atoms with Crippen molar-refractivity contribution < 1.29 is 9.63 Å². The minimum Gasteiger partial charge on any atom is -0.479 e. The maximum atomic E-state index is 8.97. The first-order valence-electron chi connectivity index (χ1n) is 3.08. The lowest BCUT2D eigenvalue weighted by molar-refractivity contribution is 0.273. The van der Waals surface area contributed by atoms with Crippen molar-refractivity contribution in [3.63, 3.8) is 0 Å². The third-order valence-corrected chi connectivity index (χ3v) is 1.32. The highest BCUT2D eigenvalue weighted by Gasteiger charge is 2.12. The molecule has 0 aromatic carbocycles. The van der Waals surface area contributed by atoms with Crippen LogP contribution in [0.15, 0.2) is 10.7 Å². The van der Waals surface area contributed by atoms with E-state index in [2.05, 4.69) is 15.6 Å². The van der Waals surface area contributed by atoms with Crippen LogP contribution in [0, 0.1) is 12.3 Å². The number of hydrogen-bond donors (Lipinski definition) is 2. The first kappa shape index (κ1) is 7.63. The molecule has 4 heteroatoms. The van der Waals surface area contributed by atoms with Gasteiger partial charge in [-0.1, -0.05) is 5.16 Å². The van der Waals surface area contributed by atoms with Crippen LogP contribution in [0.4, 0.5) is 0 Å². The van der Waals surface area contributed by atoms with Crippen LogP contribution in [0.25, 0.3) is 0 Å². The molecule has 0 saturated heterocycles. The molecule has 0 unspecified atom stereocenters. The summed E-state index contributed by atoms with van der Waals surface area (Å²) in [5, 5.41) is 12.3. The molecule has 1 heterocycles. The van der Waals surface area contributed by atoms with Gasteiger partial charge < -0.3 is 15.4 Å². The summed E-state index contributed by atoms with van der Waals surface area (Å²) in [6.07, 6.45) is 6.74. The lowest BCUT2D eigenvalue weighted by Crippen LogP contribution is -2.08. The fraction of sp³-hybridized carbons (Fsp3) is 0.286. The van der Waals surface area contributed by atoms with Gasteiger partial charge >= 0.3 is 5.95 Å². The second-order valence-corrected chi connectivity index (χ2v) is 2.10. The number of aromatic hydroxyl groups is 1. The molecule has 11 heavy (non-hydrogen) atoms. The standard InChI is InChI=1S/C7H8N2O2/c1-2-3-6(8)5-4-9-11-7(5)10/h1,4,6,10H,3,8H2/t6-/m1/s1. The van der Waals surface area contributed by atoms with Gasteiger partial charge in [-0.25, -0.2) is 0 Å². The minimum absolute atomic E-state index is 0.257. The Bertz CT molecular complexity index is 274. The maximum absolute atomic E-state index is 8.97. The van der Waals surface area contributed by atoms with Crippen LogP contribution in [0.1, 0.15) is 18.0 Å². The van der Waals surface area contributed by atoms with Crippen molar-refractivity contribution in [2.75, 3.05) is 0 Å². The van der Waals surface area contributed by atoms with E-state index in [9.17, 15) is 0 Å². The molecule has 1 atom stereocenters. The molecule has 0 amide bonds. The molecule has 0 spiro atoms. The third kappa shape index (κ3) is 1.51. The van der Waals surface area contributed by atoms with Gasteiger partial charge in [0, 0.05) is 12.5 Å². The third-order valence-electron chi connectivity index (χ3n) is 1.32. The van der Waals surface area contributed by atoms with Crippen molar-refractivity contribution in [3.05, 3.63) is 11.8 Å². The summed E-state index contributed by atoms with van der Waals surface area (Å²) in [4.78, 5) is 0. The van der Waals surface area contributed by atoms with E-state index in [-0.39, 0.29) is 5.95 Å². The Balaban J connectivity index is 2.77. The van der Waals surface area contributed by atoms with Crippen LogP contribution in [-0.4, -0.2) is 10.3 Å². The Labute approximate surface area is 64.0 Å². The van der Waals surface area contributed by atoms with Crippen molar-refractivity contribution in [1.29, 1.82) is 0 Å². The van der Waals surface area contributed by atoms with Gasteiger partial charge in [-0.3, -0.25) is 0 Å². The van der Waals surface area contributed by atoms with Crippen LogP contribution in [0.3, 0.4) is 0 Å². The molecule has 0 bridgehead atoms. The summed E-state index contributed by atoms with van der Waals surface area (Å²) < 4.78 is 4.39. The van der Waals surface area contributed by atoms with E-state index in [1.165, 1.54) is 6.20 Å². The SMILES string of the molecule is C#CC[C@@H](N)c1cnoc1O. The topological polar surface area (TPSA) is 72.3 Å². The van der Waals surface area contributed by atoms with Gasteiger partial charge in [-0.15, -0.1) is 12.3 Å². The molecular weight excluding hydrogens is 144 g/mol. The van der Waals surface area contributed by atoms with Gasteiger partial charge in [-0.2, -0.15) is 0 Å². The molecule has 3 N–H and O–H groups in total. The molecule has 0 radical (unpaired) electrons. The zero-order valence-corrected chi connectivity index (χ0v) is 5.82. The van der Waals surface area contributed by atoms with Crippen LogP contribution in [0.2, 0.25) is 0 Å². The normalized spacial score (nSPS) is 12.4.